The van der Waals surface area contributed by atoms with Gasteiger partial charge in [0.25, 0.3) is 0 Å². The molecule has 0 radical (unpaired) electrons. The van der Waals surface area contributed by atoms with Crippen molar-refractivity contribution in [1.29, 1.82) is 0 Å². The van der Waals surface area contributed by atoms with Crippen LogP contribution in [0.3, 0.4) is 0 Å². The number of hydrogen-bond donors (Lipinski definition) is 0. The molecule has 4 aromatic rings. The van der Waals surface area contributed by atoms with Gasteiger partial charge in [0, 0.05) is 30.8 Å². The standard InChI is InChI=1S/C25H23N3O/c1-28-15-21-13-19(25-4-3-11-26-27-25)8-10-23(21)24(16-28)18-6-5-17-7-9-22(29-2)14-20(17)12-18/h3-14,24H,15-16H2,1-2H3. The van der Waals surface area contributed by atoms with Crippen LogP contribution < -0.4 is 4.74 Å². The lowest BCUT2D eigenvalue weighted by molar-refractivity contribution is 0.295. The zero-order valence-corrected chi connectivity index (χ0v) is 16.7. The van der Waals surface area contributed by atoms with E-state index in [0.717, 1.165) is 30.1 Å². The van der Waals surface area contributed by atoms with E-state index in [9.17, 15) is 0 Å². The number of ether oxygens (including phenoxy) is 1. The van der Waals surface area contributed by atoms with E-state index in [4.69, 9.17) is 4.74 Å². The quantitative estimate of drug-likeness (QED) is 0.507. The summed E-state index contributed by atoms with van der Waals surface area (Å²) < 4.78 is 5.42. The van der Waals surface area contributed by atoms with E-state index in [1.54, 1.807) is 13.3 Å². The first-order valence-corrected chi connectivity index (χ1v) is 9.88. The van der Waals surface area contributed by atoms with Crippen LogP contribution in [0.4, 0.5) is 0 Å². The van der Waals surface area contributed by atoms with Crippen LogP contribution in [0.5, 0.6) is 5.75 Å². The van der Waals surface area contributed by atoms with Crippen molar-refractivity contribution >= 4 is 10.8 Å². The molecule has 0 amide bonds. The molecule has 3 aromatic carbocycles. The van der Waals surface area contributed by atoms with Gasteiger partial charge in [-0.1, -0.05) is 36.4 Å². The van der Waals surface area contributed by atoms with E-state index in [2.05, 4.69) is 70.7 Å². The average Bonchev–Trinajstić information content (AvgIpc) is 2.78. The summed E-state index contributed by atoms with van der Waals surface area (Å²) >= 11 is 0. The van der Waals surface area contributed by atoms with Gasteiger partial charge in [-0.05, 0) is 64.8 Å². The maximum atomic E-state index is 5.42. The monoisotopic (exact) mass is 381 g/mol. The summed E-state index contributed by atoms with van der Waals surface area (Å²) in [6, 6.07) is 23.7. The van der Waals surface area contributed by atoms with Gasteiger partial charge in [0.1, 0.15) is 5.75 Å². The molecule has 1 aliphatic rings. The number of hydrogen-bond acceptors (Lipinski definition) is 4. The van der Waals surface area contributed by atoms with Gasteiger partial charge < -0.3 is 9.64 Å². The highest BCUT2D eigenvalue weighted by Crippen LogP contribution is 2.36. The predicted octanol–water partition coefficient (Wildman–Crippen LogP) is 4.88. The zero-order chi connectivity index (χ0) is 19.8. The number of nitrogens with zero attached hydrogens (tertiary/aromatic N) is 3. The number of methoxy groups -OCH3 is 1. The third kappa shape index (κ3) is 3.36. The van der Waals surface area contributed by atoms with Gasteiger partial charge in [-0.25, -0.2) is 0 Å². The first-order chi connectivity index (χ1) is 14.2. The normalized spacial score (nSPS) is 16.6. The molecule has 5 rings (SSSR count). The Labute approximate surface area is 170 Å². The highest BCUT2D eigenvalue weighted by molar-refractivity contribution is 5.84. The summed E-state index contributed by atoms with van der Waals surface area (Å²) in [7, 11) is 3.90. The van der Waals surface area contributed by atoms with Crippen LogP contribution in [-0.2, 0) is 6.54 Å². The molecule has 0 saturated carbocycles. The Kier molecular flexibility index (Phi) is 4.49. The van der Waals surface area contributed by atoms with Crippen molar-refractivity contribution in [1.82, 2.24) is 15.1 Å². The summed E-state index contributed by atoms with van der Waals surface area (Å²) in [5.74, 6) is 1.24. The van der Waals surface area contributed by atoms with Crippen molar-refractivity contribution in [3.63, 3.8) is 0 Å². The maximum absolute atomic E-state index is 5.42. The molecule has 0 bridgehead atoms. The average molecular weight is 381 g/mol. The molecular weight excluding hydrogens is 358 g/mol. The Morgan fingerprint density at radius 1 is 0.966 bits per heavy atom. The molecule has 1 aliphatic heterocycles. The van der Waals surface area contributed by atoms with Crippen LogP contribution in [0, 0.1) is 0 Å². The number of rotatable bonds is 3. The lowest BCUT2D eigenvalue weighted by atomic mass is 9.83. The molecule has 144 valence electrons. The molecule has 1 atom stereocenters. The highest BCUT2D eigenvalue weighted by Gasteiger charge is 2.25. The van der Waals surface area contributed by atoms with Crippen LogP contribution in [0.25, 0.3) is 22.0 Å². The van der Waals surface area contributed by atoms with Crippen LogP contribution in [0.1, 0.15) is 22.6 Å². The lowest BCUT2D eigenvalue weighted by Crippen LogP contribution is -2.31. The number of likely N-dealkylation sites (N-methyl/N-ethyl adjacent to an activating group) is 1. The summed E-state index contributed by atoms with van der Waals surface area (Å²) in [6.45, 7) is 1.95. The number of benzene rings is 3. The first kappa shape index (κ1) is 17.8. The van der Waals surface area contributed by atoms with Crippen molar-refractivity contribution in [2.75, 3.05) is 20.7 Å². The Balaban J connectivity index is 1.58. The third-order valence-electron chi connectivity index (χ3n) is 5.79. The molecule has 0 aliphatic carbocycles. The van der Waals surface area contributed by atoms with Crippen LogP contribution >= 0.6 is 0 Å². The summed E-state index contributed by atoms with van der Waals surface area (Å²) in [4.78, 5) is 2.39. The smallest absolute Gasteiger partial charge is 0.119 e. The Bertz CT molecular complexity index is 1170. The third-order valence-corrected chi connectivity index (χ3v) is 5.79. The second-order valence-corrected chi connectivity index (χ2v) is 7.74. The summed E-state index contributed by atoms with van der Waals surface area (Å²) in [5.41, 5.74) is 6.13. The van der Waals surface area contributed by atoms with Crippen molar-refractivity contribution in [2.45, 2.75) is 12.5 Å². The van der Waals surface area contributed by atoms with Crippen molar-refractivity contribution < 1.29 is 4.74 Å². The minimum absolute atomic E-state index is 0.343. The highest BCUT2D eigenvalue weighted by atomic mass is 16.5. The predicted molar refractivity (Wildman–Crippen MR) is 116 cm³/mol. The first-order valence-electron chi connectivity index (χ1n) is 9.88. The molecule has 1 aromatic heterocycles. The molecule has 2 heterocycles. The van der Waals surface area contributed by atoms with Gasteiger partial charge in [0.05, 0.1) is 12.8 Å². The van der Waals surface area contributed by atoms with Gasteiger partial charge >= 0.3 is 0 Å². The van der Waals surface area contributed by atoms with Gasteiger partial charge in [-0.2, -0.15) is 10.2 Å². The molecular formula is C25H23N3O. The maximum Gasteiger partial charge on any atom is 0.119 e. The van der Waals surface area contributed by atoms with Crippen molar-refractivity contribution in [3.05, 3.63) is 89.6 Å². The molecule has 0 N–H and O–H groups in total. The second-order valence-electron chi connectivity index (χ2n) is 7.74. The van der Waals surface area contributed by atoms with E-state index in [1.807, 2.05) is 18.2 Å². The fourth-order valence-corrected chi connectivity index (χ4v) is 4.33. The van der Waals surface area contributed by atoms with Crippen LogP contribution in [-0.4, -0.2) is 35.8 Å². The van der Waals surface area contributed by atoms with Gasteiger partial charge in [0.15, 0.2) is 0 Å². The lowest BCUT2D eigenvalue weighted by Gasteiger charge is -2.33. The zero-order valence-electron chi connectivity index (χ0n) is 16.7. The van der Waals surface area contributed by atoms with Crippen LogP contribution in [0.2, 0.25) is 0 Å². The number of fused-ring (bicyclic) bond motifs is 2. The van der Waals surface area contributed by atoms with Gasteiger partial charge in [0.2, 0.25) is 0 Å². The SMILES string of the molecule is COc1ccc2ccc(C3CN(C)Cc4cc(-c5cccnn5)ccc43)cc2c1. The fourth-order valence-electron chi connectivity index (χ4n) is 4.33. The Morgan fingerprint density at radius 3 is 2.69 bits per heavy atom. The van der Waals surface area contributed by atoms with E-state index in [0.29, 0.717) is 5.92 Å². The minimum Gasteiger partial charge on any atom is -0.497 e. The van der Waals surface area contributed by atoms with Crippen molar-refractivity contribution in [3.8, 4) is 17.0 Å². The topological polar surface area (TPSA) is 38.2 Å². The minimum atomic E-state index is 0.343. The molecule has 29 heavy (non-hydrogen) atoms. The molecule has 1 unspecified atom stereocenters. The largest absolute Gasteiger partial charge is 0.497 e. The fraction of sp³-hybridized carbons (Fsp3) is 0.200. The molecule has 0 fully saturated rings. The van der Waals surface area contributed by atoms with Gasteiger partial charge in [-0.15, -0.1) is 0 Å². The summed E-state index contributed by atoms with van der Waals surface area (Å²) in [5, 5.41) is 10.7. The van der Waals surface area contributed by atoms with E-state index < -0.39 is 0 Å². The van der Waals surface area contributed by atoms with Crippen molar-refractivity contribution in [2.24, 2.45) is 0 Å². The Hall–Kier alpha value is -3.24. The summed E-state index contributed by atoms with van der Waals surface area (Å²) in [6.07, 6.45) is 1.71. The van der Waals surface area contributed by atoms with E-state index >= 15 is 0 Å². The molecule has 0 spiro atoms. The molecule has 0 saturated heterocycles. The number of aromatic nitrogens is 2. The van der Waals surface area contributed by atoms with Crippen LogP contribution in [0.15, 0.2) is 72.9 Å². The Morgan fingerprint density at radius 2 is 1.86 bits per heavy atom. The van der Waals surface area contributed by atoms with E-state index in [-0.39, 0.29) is 0 Å². The van der Waals surface area contributed by atoms with E-state index in [1.165, 1.54) is 27.5 Å². The molecule has 4 nitrogen and oxygen atoms in total. The second kappa shape index (κ2) is 7.30. The van der Waals surface area contributed by atoms with Gasteiger partial charge in [-0.3, -0.25) is 0 Å². The molecule has 4 heteroatoms.